The standard InChI is InChI=1S/C20H29N3O2/c1-22(14-16-5-8-18(21)9-6-16)11-12-23(2)15-17-7-10-19(24-3)20(13-17)25-4/h5-10,13H,11-12,14-15,21H2,1-4H3. The van der Waals surface area contributed by atoms with Crippen LogP contribution < -0.4 is 15.2 Å². The van der Waals surface area contributed by atoms with Gasteiger partial charge in [-0.3, -0.25) is 0 Å². The first-order chi connectivity index (χ1) is 12.0. The van der Waals surface area contributed by atoms with Crippen LogP contribution in [0.4, 0.5) is 5.69 Å². The quantitative estimate of drug-likeness (QED) is 0.710. The van der Waals surface area contributed by atoms with E-state index in [9.17, 15) is 0 Å². The summed E-state index contributed by atoms with van der Waals surface area (Å²) in [5.74, 6) is 1.53. The normalized spacial score (nSPS) is 11.1. The lowest BCUT2D eigenvalue weighted by molar-refractivity contribution is 0.247. The van der Waals surface area contributed by atoms with E-state index in [4.69, 9.17) is 15.2 Å². The summed E-state index contributed by atoms with van der Waals surface area (Å²) in [6, 6.07) is 14.1. The highest BCUT2D eigenvalue weighted by molar-refractivity contribution is 5.42. The number of hydrogen-bond donors (Lipinski definition) is 1. The van der Waals surface area contributed by atoms with Crippen LogP contribution in [0.5, 0.6) is 11.5 Å². The van der Waals surface area contributed by atoms with Crippen LogP contribution in [-0.2, 0) is 13.1 Å². The van der Waals surface area contributed by atoms with Crippen LogP contribution in [0, 0.1) is 0 Å². The van der Waals surface area contributed by atoms with Crippen LogP contribution in [0.3, 0.4) is 0 Å². The maximum absolute atomic E-state index is 5.73. The highest BCUT2D eigenvalue weighted by Gasteiger charge is 2.08. The van der Waals surface area contributed by atoms with Crippen LogP contribution >= 0.6 is 0 Å². The van der Waals surface area contributed by atoms with E-state index in [2.05, 4.69) is 42.1 Å². The molecule has 5 heteroatoms. The first kappa shape index (κ1) is 19.1. The first-order valence-electron chi connectivity index (χ1n) is 8.44. The van der Waals surface area contributed by atoms with Gasteiger partial charge in [-0.1, -0.05) is 18.2 Å². The fourth-order valence-corrected chi connectivity index (χ4v) is 2.72. The Morgan fingerprint density at radius 2 is 1.28 bits per heavy atom. The Morgan fingerprint density at radius 1 is 0.760 bits per heavy atom. The summed E-state index contributed by atoms with van der Waals surface area (Å²) >= 11 is 0. The summed E-state index contributed by atoms with van der Waals surface area (Å²) in [5, 5.41) is 0. The van der Waals surface area contributed by atoms with Gasteiger partial charge in [0.25, 0.3) is 0 Å². The molecule has 0 fully saturated rings. The minimum absolute atomic E-state index is 0.761. The fourth-order valence-electron chi connectivity index (χ4n) is 2.72. The lowest BCUT2D eigenvalue weighted by atomic mass is 10.2. The van der Waals surface area contributed by atoms with Gasteiger partial charge in [-0.05, 0) is 49.5 Å². The number of nitrogens with zero attached hydrogens (tertiary/aromatic N) is 2. The Morgan fingerprint density at radius 3 is 1.84 bits per heavy atom. The van der Waals surface area contributed by atoms with E-state index < -0.39 is 0 Å². The fraction of sp³-hybridized carbons (Fsp3) is 0.400. The molecule has 0 bridgehead atoms. The van der Waals surface area contributed by atoms with Crippen molar-refractivity contribution >= 4 is 5.69 Å². The molecule has 0 atom stereocenters. The molecule has 136 valence electrons. The van der Waals surface area contributed by atoms with Crippen LogP contribution in [0.15, 0.2) is 42.5 Å². The zero-order valence-electron chi connectivity index (χ0n) is 15.7. The highest BCUT2D eigenvalue weighted by Crippen LogP contribution is 2.27. The summed E-state index contributed by atoms with van der Waals surface area (Å²) < 4.78 is 10.7. The van der Waals surface area contributed by atoms with Gasteiger partial charge in [0.05, 0.1) is 14.2 Å². The van der Waals surface area contributed by atoms with Crippen LogP contribution in [-0.4, -0.2) is 51.2 Å². The molecule has 2 N–H and O–H groups in total. The van der Waals surface area contributed by atoms with Gasteiger partial charge in [0, 0.05) is 31.9 Å². The van der Waals surface area contributed by atoms with Crippen molar-refractivity contribution in [3.63, 3.8) is 0 Å². The molecule has 25 heavy (non-hydrogen) atoms. The highest BCUT2D eigenvalue weighted by atomic mass is 16.5. The predicted octanol–water partition coefficient (Wildman–Crippen LogP) is 2.85. The van der Waals surface area contributed by atoms with E-state index >= 15 is 0 Å². The second-order valence-corrected chi connectivity index (χ2v) is 6.41. The predicted molar refractivity (Wildman–Crippen MR) is 103 cm³/mol. The molecule has 0 saturated carbocycles. The van der Waals surface area contributed by atoms with Gasteiger partial charge in [-0.15, -0.1) is 0 Å². The molecular weight excluding hydrogens is 314 g/mol. The van der Waals surface area contributed by atoms with Gasteiger partial charge in [0.15, 0.2) is 11.5 Å². The van der Waals surface area contributed by atoms with Gasteiger partial charge in [0.1, 0.15) is 0 Å². The monoisotopic (exact) mass is 343 g/mol. The average molecular weight is 343 g/mol. The maximum Gasteiger partial charge on any atom is 0.161 e. The summed E-state index contributed by atoms with van der Waals surface area (Å²) in [4.78, 5) is 4.62. The van der Waals surface area contributed by atoms with Crippen molar-refractivity contribution in [1.82, 2.24) is 9.80 Å². The van der Waals surface area contributed by atoms with Gasteiger partial charge >= 0.3 is 0 Å². The number of nitrogen functional groups attached to an aromatic ring is 1. The number of methoxy groups -OCH3 is 2. The summed E-state index contributed by atoms with van der Waals surface area (Å²) in [6.07, 6.45) is 0. The number of ether oxygens (including phenoxy) is 2. The first-order valence-corrected chi connectivity index (χ1v) is 8.44. The van der Waals surface area contributed by atoms with Gasteiger partial charge in [-0.25, -0.2) is 0 Å². The van der Waals surface area contributed by atoms with E-state index in [1.807, 2.05) is 24.3 Å². The molecule has 0 unspecified atom stereocenters. The molecule has 0 heterocycles. The smallest absolute Gasteiger partial charge is 0.161 e. The summed E-state index contributed by atoms with van der Waals surface area (Å²) in [5.41, 5.74) is 9.02. The molecule has 0 saturated heterocycles. The molecule has 2 aromatic rings. The van der Waals surface area contributed by atoms with Crippen LogP contribution in [0.1, 0.15) is 11.1 Å². The van der Waals surface area contributed by atoms with Gasteiger partial charge in [0.2, 0.25) is 0 Å². The van der Waals surface area contributed by atoms with Crippen molar-refractivity contribution in [3.05, 3.63) is 53.6 Å². The molecule has 0 aliphatic heterocycles. The topological polar surface area (TPSA) is 51.0 Å². The molecule has 2 aromatic carbocycles. The van der Waals surface area contributed by atoms with Crippen molar-refractivity contribution in [3.8, 4) is 11.5 Å². The second-order valence-electron chi connectivity index (χ2n) is 6.41. The number of nitrogens with two attached hydrogens (primary N) is 1. The van der Waals surface area contributed by atoms with E-state index in [-0.39, 0.29) is 0 Å². The van der Waals surface area contributed by atoms with E-state index in [1.54, 1.807) is 14.2 Å². The number of benzene rings is 2. The summed E-state index contributed by atoms with van der Waals surface area (Å²) in [7, 11) is 7.59. The zero-order chi connectivity index (χ0) is 18.2. The Hall–Kier alpha value is -2.24. The Kier molecular flexibility index (Phi) is 7.10. The molecule has 0 amide bonds. The van der Waals surface area contributed by atoms with Crippen molar-refractivity contribution in [2.24, 2.45) is 0 Å². The van der Waals surface area contributed by atoms with E-state index in [1.165, 1.54) is 11.1 Å². The molecule has 0 aliphatic carbocycles. The third-order valence-corrected chi connectivity index (χ3v) is 4.20. The van der Waals surface area contributed by atoms with Crippen molar-refractivity contribution < 1.29 is 9.47 Å². The average Bonchev–Trinajstić information content (AvgIpc) is 2.62. The Labute approximate surface area is 150 Å². The van der Waals surface area contributed by atoms with Crippen molar-refractivity contribution in [2.75, 3.05) is 47.1 Å². The van der Waals surface area contributed by atoms with Crippen molar-refractivity contribution in [2.45, 2.75) is 13.1 Å². The Bertz CT molecular complexity index is 658. The maximum atomic E-state index is 5.73. The molecule has 0 spiro atoms. The van der Waals surface area contributed by atoms with Gasteiger partial charge in [-0.2, -0.15) is 0 Å². The Balaban J connectivity index is 1.81. The van der Waals surface area contributed by atoms with E-state index in [0.717, 1.165) is 43.4 Å². The molecule has 0 aliphatic rings. The second kappa shape index (κ2) is 9.30. The molecule has 5 nitrogen and oxygen atoms in total. The van der Waals surface area contributed by atoms with E-state index in [0.29, 0.717) is 0 Å². The molecular formula is C20H29N3O2. The zero-order valence-corrected chi connectivity index (χ0v) is 15.7. The van der Waals surface area contributed by atoms with Crippen LogP contribution in [0.2, 0.25) is 0 Å². The third kappa shape index (κ3) is 5.96. The largest absolute Gasteiger partial charge is 0.493 e. The lowest BCUT2D eigenvalue weighted by Crippen LogP contribution is -2.30. The third-order valence-electron chi connectivity index (χ3n) is 4.20. The minimum atomic E-state index is 0.761. The van der Waals surface area contributed by atoms with Crippen LogP contribution in [0.25, 0.3) is 0 Å². The molecule has 2 rings (SSSR count). The van der Waals surface area contributed by atoms with Crippen molar-refractivity contribution in [1.29, 1.82) is 0 Å². The number of hydrogen-bond acceptors (Lipinski definition) is 5. The SMILES string of the molecule is COc1ccc(CN(C)CCN(C)Cc2ccc(N)cc2)cc1OC. The molecule has 0 radical (unpaired) electrons. The lowest BCUT2D eigenvalue weighted by Gasteiger charge is -2.22. The number of rotatable bonds is 9. The number of likely N-dealkylation sites (N-methyl/N-ethyl adjacent to an activating group) is 2. The molecule has 0 aromatic heterocycles. The minimum Gasteiger partial charge on any atom is -0.493 e. The number of anilines is 1. The van der Waals surface area contributed by atoms with Gasteiger partial charge < -0.3 is 25.0 Å². The summed E-state index contributed by atoms with van der Waals surface area (Å²) in [6.45, 7) is 3.77.